The number of carbonyl (C=O) groups excluding carboxylic acids is 1. The highest BCUT2D eigenvalue weighted by Crippen LogP contribution is 2.11. The lowest BCUT2D eigenvalue weighted by Gasteiger charge is -2.06. The topological polar surface area (TPSA) is 74.1 Å². The van der Waals surface area contributed by atoms with Crippen LogP contribution in [0.5, 0.6) is 5.75 Å². The molecule has 0 atom stereocenters. The van der Waals surface area contributed by atoms with Crippen LogP contribution in [0.4, 0.5) is 5.69 Å². The summed E-state index contributed by atoms with van der Waals surface area (Å²) in [5.74, 6) is 0.330. The van der Waals surface area contributed by atoms with Crippen LogP contribution in [-0.2, 0) is 11.3 Å². The number of nitrogens with one attached hydrogen (secondary N) is 2. The van der Waals surface area contributed by atoms with Gasteiger partial charge in [-0.15, -0.1) is 0 Å². The second kappa shape index (κ2) is 8.25. The molecule has 0 fully saturated rings. The van der Waals surface area contributed by atoms with Crippen LogP contribution in [0.2, 0.25) is 0 Å². The molecule has 0 heterocycles. The normalized spacial score (nSPS) is 10.5. The lowest BCUT2D eigenvalue weighted by molar-refractivity contribution is -0.117. The van der Waals surface area contributed by atoms with E-state index < -0.39 is 5.91 Å². The van der Waals surface area contributed by atoms with Crippen molar-refractivity contribution in [2.45, 2.75) is 6.54 Å². The zero-order valence-electron chi connectivity index (χ0n) is 12.7. The second-order valence-electron chi connectivity index (χ2n) is 4.71. The molecule has 0 aliphatic rings. The fourth-order valence-corrected chi connectivity index (χ4v) is 1.86. The molecule has 2 N–H and O–H groups in total. The molecular formula is C18H17N3O2. The summed E-state index contributed by atoms with van der Waals surface area (Å²) in [6, 6.07) is 18.6. The van der Waals surface area contributed by atoms with Crippen LogP contribution >= 0.6 is 0 Å². The maximum Gasteiger partial charge on any atom is 0.263 e. The minimum atomic E-state index is -0.424. The third-order valence-corrected chi connectivity index (χ3v) is 3.13. The van der Waals surface area contributed by atoms with Crippen LogP contribution in [0.1, 0.15) is 5.56 Å². The second-order valence-corrected chi connectivity index (χ2v) is 4.71. The molecule has 5 nitrogen and oxygen atoms in total. The Morgan fingerprint density at radius 3 is 2.48 bits per heavy atom. The Balaban J connectivity index is 1.93. The van der Waals surface area contributed by atoms with E-state index in [2.05, 4.69) is 10.6 Å². The number of amides is 1. The van der Waals surface area contributed by atoms with E-state index in [0.29, 0.717) is 6.54 Å². The number of hydrogen-bond donors (Lipinski definition) is 2. The van der Waals surface area contributed by atoms with Gasteiger partial charge >= 0.3 is 0 Å². The maximum absolute atomic E-state index is 12.0. The minimum absolute atomic E-state index is 0.0161. The van der Waals surface area contributed by atoms with Gasteiger partial charge in [0.2, 0.25) is 0 Å². The summed E-state index contributed by atoms with van der Waals surface area (Å²) in [6.45, 7) is 0.340. The van der Waals surface area contributed by atoms with Gasteiger partial charge in [-0.2, -0.15) is 5.26 Å². The number of para-hydroxylation sites is 1. The molecule has 0 bridgehead atoms. The van der Waals surface area contributed by atoms with Crippen molar-refractivity contribution >= 4 is 11.6 Å². The standard InChI is InChI=1S/C18H17N3O2/c1-23-17-9-7-14(8-10-17)12-21-18(22)15(11-19)13-20-16-5-3-2-4-6-16/h2-10,13,20H,12H2,1H3,(H,21,22)/b15-13-. The molecule has 23 heavy (non-hydrogen) atoms. The number of hydrogen-bond acceptors (Lipinski definition) is 4. The summed E-state index contributed by atoms with van der Waals surface area (Å²) >= 11 is 0. The van der Waals surface area contributed by atoms with Crippen molar-refractivity contribution < 1.29 is 9.53 Å². The lowest BCUT2D eigenvalue weighted by Crippen LogP contribution is -2.24. The minimum Gasteiger partial charge on any atom is -0.497 e. The van der Waals surface area contributed by atoms with Crippen molar-refractivity contribution in [2.24, 2.45) is 0 Å². The smallest absolute Gasteiger partial charge is 0.263 e. The van der Waals surface area contributed by atoms with Crippen LogP contribution < -0.4 is 15.4 Å². The molecule has 2 aromatic carbocycles. The summed E-state index contributed by atoms with van der Waals surface area (Å²) < 4.78 is 5.08. The average molecular weight is 307 g/mol. The summed E-state index contributed by atoms with van der Waals surface area (Å²) in [7, 11) is 1.60. The molecule has 0 radical (unpaired) electrons. The van der Waals surface area contributed by atoms with Crippen molar-refractivity contribution in [1.29, 1.82) is 5.26 Å². The molecule has 0 aliphatic carbocycles. The van der Waals surface area contributed by atoms with Crippen molar-refractivity contribution in [3.8, 4) is 11.8 Å². The van der Waals surface area contributed by atoms with Gasteiger partial charge in [-0.05, 0) is 29.8 Å². The molecule has 0 aromatic heterocycles. The first kappa shape index (κ1) is 16.1. The molecule has 2 aromatic rings. The Bertz CT molecular complexity index is 716. The van der Waals surface area contributed by atoms with Crippen molar-refractivity contribution in [3.05, 3.63) is 71.9 Å². The van der Waals surface area contributed by atoms with E-state index in [-0.39, 0.29) is 5.57 Å². The molecule has 116 valence electrons. The predicted octanol–water partition coefficient (Wildman–Crippen LogP) is 2.83. The molecular weight excluding hydrogens is 290 g/mol. The van der Waals surface area contributed by atoms with Crippen LogP contribution in [-0.4, -0.2) is 13.0 Å². The van der Waals surface area contributed by atoms with Gasteiger partial charge in [0.25, 0.3) is 5.91 Å². The predicted molar refractivity (Wildman–Crippen MR) is 88.6 cm³/mol. The average Bonchev–Trinajstić information content (AvgIpc) is 2.61. The highest BCUT2D eigenvalue weighted by atomic mass is 16.5. The number of rotatable bonds is 6. The van der Waals surface area contributed by atoms with Crippen molar-refractivity contribution in [1.82, 2.24) is 5.32 Å². The van der Waals surface area contributed by atoms with Gasteiger partial charge in [0.1, 0.15) is 17.4 Å². The molecule has 2 rings (SSSR count). The number of methoxy groups -OCH3 is 1. The number of carbonyl (C=O) groups is 1. The van der Waals surface area contributed by atoms with Gasteiger partial charge < -0.3 is 15.4 Å². The van der Waals surface area contributed by atoms with E-state index in [4.69, 9.17) is 10.00 Å². The molecule has 0 aliphatic heterocycles. The SMILES string of the molecule is COc1ccc(CNC(=O)/C(C#N)=C\Nc2ccccc2)cc1. The van der Waals surface area contributed by atoms with Crippen molar-refractivity contribution in [3.63, 3.8) is 0 Å². The molecule has 0 spiro atoms. The van der Waals surface area contributed by atoms with E-state index in [1.807, 2.05) is 60.7 Å². The van der Waals surface area contributed by atoms with Crippen LogP contribution in [0, 0.1) is 11.3 Å². The first-order chi connectivity index (χ1) is 11.2. The van der Waals surface area contributed by atoms with Gasteiger partial charge in [-0.3, -0.25) is 4.79 Å². The quantitative estimate of drug-likeness (QED) is 0.636. The lowest BCUT2D eigenvalue weighted by atomic mass is 10.2. The number of ether oxygens (including phenoxy) is 1. The summed E-state index contributed by atoms with van der Waals surface area (Å²) in [5, 5.41) is 14.7. The van der Waals surface area contributed by atoms with E-state index in [1.54, 1.807) is 7.11 Å². The van der Waals surface area contributed by atoms with E-state index >= 15 is 0 Å². The van der Waals surface area contributed by atoms with Crippen LogP contribution in [0.15, 0.2) is 66.4 Å². The zero-order chi connectivity index (χ0) is 16.5. The fraction of sp³-hybridized carbons (Fsp3) is 0.111. The Kier molecular flexibility index (Phi) is 5.78. The molecule has 5 heteroatoms. The summed E-state index contributed by atoms with van der Waals surface area (Å²) in [6.07, 6.45) is 1.40. The van der Waals surface area contributed by atoms with Gasteiger partial charge in [0, 0.05) is 18.4 Å². The molecule has 0 saturated heterocycles. The maximum atomic E-state index is 12.0. The fourth-order valence-electron chi connectivity index (χ4n) is 1.86. The Labute approximate surface area is 135 Å². The van der Waals surface area contributed by atoms with Crippen LogP contribution in [0.3, 0.4) is 0 Å². The Morgan fingerprint density at radius 1 is 1.17 bits per heavy atom. The van der Waals surface area contributed by atoms with Gasteiger partial charge in [-0.1, -0.05) is 30.3 Å². The number of nitriles is 1. The van der Waals surface area contributed by atoms with E-state index in [0.717, 1.165) is 17.0 Å². The summed E-state index contributed by atoms with van der Waals surface area (Å²) in [4.78, 5) is 12.0. The highest BCUT2D eigenvalue weighted by molar-refractivity contribution is 5.97. The largest absolute Gasteiger partial charge is 0.497 e. The molecule has 0 unspecified atom stereocenters. The number of anilines is 1. The Morgan fingerprint density at radius 2 is 1.87 bits per heavy atom. The zero-order valence-corrected chi connectivity index (χ0v) is 12.7. The van der Waals surface area contributed by atoms with Gasteiger partial charge in [0.05, 0.1) is 7.11 Å². The van der Waals surface area contributed by atoms with Gasteiger partial charge in [-0.25, -0.2) is 0 Å². The van der Waals surface area contributed by atoms with E-state index in [1.165, 1.54) is 6.20 Å². The first-order valence-corrected chi connectivity index (χ1v) is 7.06. The molecule has 0 saturated carbocycles. The number of benzene rings is 2. The van der Waals surface area contributed by atoms with Crippen LogP contribution in [0.25, 0.3) is 0 Å². The summed E-state index contributed by atoms with van der Waals surface area (Å²) in [5.41, 5.74) is 1.75. The third kappa shape index (κ3) is 4.90. The van der Waals surface area contributed by atoms with Gasteiger partial charge in [0.15, 0.2) is 0 Å². The highest BCUT2D eigenvalue weighted by Gasteiger charge is 2.08. The first-order valence-electron chi connectivity index (χ1n) is 7.06. The molecule has 1 amide bonds. The van der Waals surface area contributed by atoms with E-state index in [9.17, 15) is 4.79 Å². The monoisotopic (exact) mass is 307 g/mol. The van der Waals surface area contributed by atoms with Crippen molar-refractivity contribution in [2.75, 3.05) is 12.4 Å². The third-order valence-electron chi connectivity index (χ3n) is 3.13. The number of nitrogens with zero attached hydrogens (tertiary/aromatic N) is 1. The Hall–Kier alpha value is -3.26.